The standard InChI is InChI=1S/C15H13BrO/c16-14-9-5-4-8-13(14)15(11-17-15)10-12-6-2-1-3-7-12/h1-9H,10-11H2. The molecule has 0 amide bonds. The molecule has 2 heteroatoms. The maximum absolute atomic E-state index is 5.74. The first-order valence-electron chi connectivity index (χ1n) is 5.73. The van der Waals surface area contributed by atoms with Crippen LogP contribution in [0.25, 0.3) is 0 Å². The molecule has 0 aromatic heterocycles. The lowest BCUT2D eigenvalue weighted by Crippen LogP contribution is -2.13. The number of benzene rings is 2. The maximum atomic E-state index is 5.74. The SMILES string of the molecule is Brc1ccccc1C1(Cc2ccccc2)CO1. The molecular weight excluding hydrogens is 276 g/mol. The molecule has 0 saturated carbocycles. The summed E-state index contributed by atoms with van der Waals surface area (Å²) in [6.07, 6.45) is 0.941. The summed E-state index contributed by atoms with van der Waals surface area (Å²) in [5.41, 5.74) is 2.46. The van der Waals surface area contributed by atoms with E-state index in [1.165, 1.54) is 11.1 Å². The molecule has 0 radical (unpaired) electrons. The van der Waals surface area contributed by atoms with Crippen LogP contribution in [0, 0.1) is 0 Å². The lowest BCUT2D eigenvalue weighted by atomic mass is 9.92. The van der Waals surface area contributed by atoms with Gasteiger partial charge in [0.15, 0.2) is 0 Å². The highest BCUT2D eigenvalue weighted by Gasteiger charge is 2.47. The second-order valence-corrected chi connectivity index (χ2v) is 5.28. The van der Waals surface area contributed by atoms with Crippen LogP contribution in [0.4, 0.5) is 0 Å². The van der Waals surface area contributed by atoms with Crippen molar-refractivity contribution in [3.63, 3.8) is 0 Å². The fourth-order valence-corrected chi connectivity index (χ4v) is 2.84. The Morgan fingerprint density at radius 1 is 1.00 bits per heavy atom. The fourth-order valence-electron chi connectivity index (χ4n) is 2.20. The highest BCUT2D eigenvalue weighted by atomic mass is 79.9. The van der Waals surface area contributed by atoms with Gasteiger partial charge >= 0.3 is 0 Å². The van der Waals surface area contributed by atoms with Crippen molar-refractivity contribution in [3.05, 3.63) is 70.2 Å². The quantitative estimate of drug-likeness (QED) is 0.780. The third kappa shape index (κ3) is 2.15. The molecule has 2 aromatic carbocycles. The zero-order valence-corrected chi connectivity index (χ0v) is 11.0. The van der Waals surface area contributed by atoms with Crippen LogP contribution in [-0.2, 0) is 16.8 Å². The molecule has 0 aliphatic carbocycles. The number of epoxide rings is 1. The number of hydrogen-bond acceptors (Lipinski definition) is 1. The molecule has 1 saturated heterocycles. The van der Waals surface area contributed by atoms with E-state index >= 15 is 0 Å². The average molecular weight is 289 g/mol. The zero-order chi connectivity index (χ0) is 11.7. The Balaban J connectivity index is 1.91. The predicted molar refractivity (Wildman–Crippen MR) is 71.9 cm³/mol. The topological polar surface area (TPSA) is 12.5 Å². The van der Waals surface area contributed by atoms with Gasteiger partial charge < -0.3 is 4.74 Å². The second kappa shape index (κ2) is 4.28. The van der Waals surface area contributed by atoms with E-state index in [9.17, 15) is 0 Å². The molecule has 2 aromatic rings. The molecule has 0 bridgehead atoms. The Morgan fingerprint density at radius 3 is 2.29 bits per heavy atom. The van der Waals surface area contributed by atoms with Crippen molar-refractivity contribution in [2.24, 2.45) is 0 Å². The van der Waals surface area contributed by atoms with Gasteiger partial charge in [-0.05, 0) is 11.6 Å². The first-order valence-corrected chi connectivity index (χ1v) is 6.52. The van der Waals surface area contributed by atoms with Crippen LogP contribution in [0.5, 0.6) is 0 Å². The van der Waals surface area contributed by atoms with Crippen LogP contribution in [-0.4, -0.2) is 6.61 Å². The molecule has 1 aliphatic rings. The van der Waals surface area contributed by atoms with Crippen molar-refractivity contribution in [2.45, 2.75) is 12.0 Å². The molecule has 1 unspecified atom stereocenters. The molecule has 3 rings (SSSR count). The van der Waals surface area contributed by atoms with Crippen molar-refractivity contribution < 1.29 is 4.74 Å². The van der Waals surface area contributed by atoms with Crippen molar-refractivity contribution in [2.75, 3.05) is 6.61 Å². The summed E-state index contributed by atoms with van der Waals surface area (Å²) in [4.78, 5) is 0. The molecule has 0 spiro atoms. The molecule has 1 nitrogen and oxygen atoms in total. The van der Waals surface area contributed by atoms with Crippen LogP contribution >= 0.6 is 15.9 Å². The van der Waals surface area contributed by atoms with Crippen molar-refractivity contribution in [1.82, 2.24) is 0 Å². The van der Waals surface area contributed by atoms with Gasteiger partial charge in [0.1, 0.15) is 5.60 Å². The van der Waals surface area contributed by atoms with E-state index < -0.39 is 0 Å². The Morgan fingerprint density at radius 2 is 1.65 bits per heavy atom. The summed E-state index contributed by atoms with van der Waals surface area (Å²) in [7, 11) is 0. The summed E-state index contributed by atoms with van der Waals surface area (Å²) < 4.78 is 6.87. The smallest absolute Gasteiger partial charge is 0.122 e. The van der Waals surface area contributed by atoms with Gasteiger partial charge in [-0.15, -0.1) is 0 Å². The fraction of sp³-hybridized carbons (Fsp3) is 0.200. The van der Waals surface area contributed by atoms with E-state index in [-0.39, 0.29) is 5.60 Å². The third-order valence-electron chi connectivity index (χ3n) is 3.19. The zero-order valence-electron chi connectivity index (χ0n) is 9.40. The summed E-state index contributed by atoms with van der Waals surface area (Å²) in [5, 5.41) is 0. The molecule has 1 aliphatic heterocycles. The van der Waals surface area contributed by atoms with E-state index in [4.69, 9.17) is 4.74 Å². The Labute approximate surface area is 110 Å². The van der Waals surface area contributed by atoms with Crippen LogP contribution in [0.15, 0.2) is 59.1 Å². The lowest BCUT2D eigenvalue weighted by molar-refractivity contribution is 0.306. The summed E-state index contributed by atoms with van der Waals surface area (Å²) in [6.45, 7) is 0.810. The van der Waals surface area contributed by atoms with E-state index in [1.54, 1.807) is 0 Å². The van der Waals surface area contributed by atoms with Crippen molar-refractivity contribution in [3.8, 4) is 0 Å². The first-order chi connectivity index (χ1) is 8.30. The summed E-state index contributed by atoms with van der Waals surface area (Å²) >= 11 is 3.61. The summed E-state index contributed by atoms with van der Waals surface area (Å²) in [6, 6.07) is 18.8. The molecule has 0 N–H and O–H groups in total. The van der Waals surface area contributed by atoms with Crippen LogP contribution in [0.2, 0.25) is 0 Å². The number of ether oxygens (including phenoxy) is 1. The minimum atomic E-state index is -0.110. The van der Waals surface area contributed by atoms with Gasteiger partial charge in [-0.2, -0.15) is 0 Å². The maximum Gasteiger partial charge on any atom is 0.122 e. The van der Waals surface area contributed by atoms with Gasteiger partial charge in [-0.3, -0.25) is 0 Å². The van der Waals surface area contributed by atoms with E-state index in [1.807, 2.05) is 12.1 Å². The molecular formula is C15H13BrO. The van der Waals surface area contributed by atoms with E-state index in [0.717, 1.165) is 17.5 Å². The molecule has 1 fully saturated rings. The number of halogens is 1. The van der Waals surface area contributed by atoms with E-state index in [2.05, 4.69) is 58.4 Å². The van der Waals surface area contributed by atoms with Crippen molar-refractivity contribution in [1.29, 1.82) is 0 Å². The molecule has 17 heavy (non-hydrogen) atoms. The van der Waals surface area contributed by atoms with Gasteiger partial charge in [0.05, 0.1) is 6.61 Å². The minimum Gasteiger partial charge on any atom is -0.364 e. The predicted octanol–water partition coefficient (Wildman–Crippen LogP) is 3.92. The highest BCUT2D eigenvalue weighted by Crippen LogP contribution is 2.44. The average Bonchev–Trinajstić information content (AvgIpc) is 3.12. The number of rotatable bonds is 3. The third-order valence-corrected chi connectivity index (χ3v) is 3.88. The Kier molecular flexibility index (Phi) is 2.77. The highest BCUT2D eigenvalue weighted by molar-refractivity contribution is 9.10. The molecule has 1 atom stereocenters. The van der Waals surface area contributed by atoms with Gasteiger partial charge in [0, 0.05) is 16.5 Å². The number of hydrogen-bond donors (Lipinski definition) is 0. The van der Waals surface area contributed by atoms with E-state index in [0.29, 0.717) is 0 Å². The Hall–Kier alpha value is -1.12. The van der Waals surface area contributed by atoms with Gasteiger partial charge in [-0.1, -0.05) is 64.5 Å². The van der Waals surface area contributed by atoms with Crippen LogP contribution in [0.3, 0.4) is 0 Å². The monoisotopic (exact) mass is 288 g/mol. The molecule has 86 valence electrons. The summed E-state index contributed by atoms with van der Waals surface area (Å²) in [5.74, 6) is 0. The lowest BCUT2D eigenvalue weighted by Gasteiger charge is -2.14. The van der Waals surface area contributed by atoms with Gasteiger partial charge in [-0.25, -0.2) is 0 Å². The first kappa shape index (κ1) is 11.0. The Bertz CT molecular complexity index is 517. The van der Waals surface area contributed by atoms with Gasteiger partial charge in [0.25, 0.3) is 0 Å². The molecule has 1 heterocycles. The van der Waals surface area contributed by atoms with Crippen LogP contribution < -0.4 is 0 Å². The minimum absolute atomic E-state index is 0.110. The van der Waals surface area contributed by atoms with Gasteiger partial charge in [0.2, 0.25) is 0 Å². The normalized spacial score (nSPS) is 22.4. The largest absolute Gasteiger partial charge is 0.364 e. The van der Waals surface area contributed by atoms with Crippen molar-refractivity contribution >= 4 is 15.9 Å². The van der Waals surface area contributed by atoms with Crippen LogP contribution in [0.1, 0.15) is 11.1 Å². The second-order valence-electron chi connectivity index (χ2n) is 4.43.